The van der Waals surface area contributed by atoms with Crippen molar-refractivity contribution in [1.29, 1.82) is 10.5 Å². The third kappa shape index (κ3) is 3.88. The monoisotopic (exact) mass is 379 g/mol. The quantitative estimate of drug-likeness (QED) is 0.320. The Morgan fingerprint density at radius 3 is 2.57 bits per heavy atom. The van der Waals surface area contributed by atoms with Gasteiger partial charge in [0.1, 0.15) is 29.3 Å². The highest BCUT2D eigenvalue weighted by Gasteiger charge is 2.43. The Bertz CT molecular complexity index is 989. The summed E-state index contributed by atoms with van der Waals surface area (Å²) in [5.41, 5.74) is 0.498. The van der Waals surface area contributed by atoms with Crippen molar-refractivity contribution in [1.82, 2.24) is 5.32 Å². The molecule has 2 aromatic rings. The first-order valence-electron chi connectivity index (χ1n) is 8.50. The molecule has 2 aromatic carbocycles. The number of nitriles is 2. The molecule has 1 heterocycles. The number of aliphatic imine (C=N–C) groups is 1. The molecule has 0 radical (unpaired) electrons. The highest BCUT2D eigenvalue weighted by molar-refractivity contribution is 5.94. The van der Waals surface area contributed by atoms with Crippen molar-refractivity contribution in [3.8, 4) is 18.0 Å². The molecule has 0 unspecified atom stereocenters. The van der Waals surface area contributed by atoms with Crippen LogP contribution >= 0.6 is 0 Å². The summed E-state index contributed by atoms with van der Waals surface area (Å²) < 4.78 is 19.0. The number of rotatable bonds is 2. The lowest BCUT2D eigenvalue weighted by molar-refractivity contribution is -0.0567. The largest absolute Gasteiger partial charge is 0.485 e. The van der Waals surface area contributed by atoms with Gasteiger partial charge in [0.2, 0.25) is 5.96 Å². The maximum Gasteiger partial charge on any atom is 0.209 e. The Balaban J connectivity index is 2.03. The fourth-order valence-electron chi connectivity index (χ4n) is 2.93. The van der Waals surface area contributed by atoms with Crippen LogP contribution in [0.15, 0.2) is 47.5 Å². The summed E-state index contributed by atoms with van der Waals surface area (Å²) in [5, 5.41) is 34.4. The third-order valence-electron chi connectivity index (χ3n) is 4.39. The van der Waals surface area contributed by atoms with Crippen LogP contribution in [0.3, 0.4) is 0 Å². The molecule has 0 saturated carbocycles. The molecule has 1 aliphatic heterocycles. The predicted molar refractivity (Wildman–Crippen MR) is 101 cm³/mol. The maximum atomic E-state index is 13.1. The fraction of sp³-hybridized carbons (Fsp3) is 0.250. The van der Waals surface area contributed by atoms with E-state index in [0.29, 0.717) is 22.6 Å². The molecule has 142 valence electrons. The number of guanidine groups is 1. The number of nitrogens with zero attached hydrogens (tertiary/aromatic N) is 3. The molecule has 3 rings (SSSR count). The zero-order valence-electron chi connectivity index (χ0n) is 15.3. The molecular weight excluding hydrogens is 361 g/mol. The SMILES string of the molecule is CC1(C)Oc2ccc(C#N)cc2[C@@H](N=C(NC#N)Nc2ccc(F)cc2)[C@@H]1O. The highest BCUT2D eigenvalue weighted by atomic mass is 19.1. The van der Waals surface area contributed by atoms with Gasteiger partial charge in [-0.3, -0.25) is 5.32 Å². The normalized spacial score (nSPS) is 20.1. The molecule has 0 saturated heterocycles. The number of benzene rings is 2. The Morgan fingerprint density at radius 2 is 1.93 bits per heavy atom. The van der Waals surface area contributed by atoms with Crippen LogP contribution in [0.5, 0.6) is 5.75 Å². The lowest BCUT2D eigenvalue weighted by atomic mass is 9.86. The van der Waals surface area contributed by atoms with E-state index in [-0.39, 0.29) is 5.96 Å². The molecule has 0 amide bonds. The van der Waals surface area contributed by atoms with Crippen LogP contribution in [0.4, 0.5) is 10.1 Å². The highest BCUT2D eigenvalue weighted by Crippen LogP contribution is 2.42. The zero-order valence-corrected chi connectivity index (χ0v) is 15.3. The smallest absolute Gasteiger partial charge is 0.209 e. The number of hydrogen-bond donors (Lipinski definition) is 3. The van der Waals surface area contributed by atoms with Crippen LogP contribution in [0, 0.1) is 28.6 Å². The van der Waals surface area contributed by atoms with Gasteiger partial charge in [0.05, 0.1) is 11.6 Å². The van der Waals surface area contributed by atoms with E-state index >= 15 is 0 Å². The number of anilines is 1. The first kappa shape index (κ1) is 19.2. The number of halogens is 1. The van der Waals surface area contributed by atoms with Crippen LogP contribution in [-0.4, -0.2) is 22.8 Å². The van der Waals surface area contributed by atoms with Gasteiger partial charge >= 0.3 is 0 Å². The molecule has 0 spiro atoms. The number of aliphatic hydroxyl groups is 1. The number of aliphatic hydroxyl groups excluding tert-OH is 1. The summed E-state index contributed by atoms with van der Waals surface area (Å²) in [7, 11) is 0. The standard InChI is InChI=1S/C20H18FN5O2/c1-20(2)18(27)17(15-9-12(10-22)3-8-16(15)28-20)26-19(24-11-23)25-14-6-4-13(21)5-7-14/h3-9,17-18,27H,1-2H3,(H2,24,25,26)/t17-,18+/m1/s1. The summed E-state index contributed by atoms with van der Waals surface area (Å²) in [6.07, 6.45) is 0.746. The maximum absolute atomic E-state index is 13.1. The average Bonchev–Trinajstić information content (AvgIpc) is 2.67. The molecule has 1 aliphatic rings. The van der Waals surface area contributed by atoms with Crippen LogP contribution < -0.4 is 15.4 Å². The van der Waals surface area contributed by atoms with Crippen molar-refractivity contribution in [2.45, 2.75) is 31.6 Å². The second-order valence-corrected chi connectivity index (χ2v) is 6.81. The number of fused-ring (bicyclic) bond motifs is 1. The van der Waals surface area contributed by atoms with Crippen LogP contribution in [0.25, 0.3) is 0 Å². The summed E-state index contributed by atoms with van der Waals surface area (Å²) in [6, 6.07) is 11.7. The summed E-state index contributed by atoms with van der Waals surface area (Å²) >= 11 is 0. The summed E-state index contributed by atoms with van der Waals surface area (Å²) in [5.74, 6) is 0.183. The fourth-order valence-corrected chi connectivity index (χ4v) is 2.93. The number of ether oxygens (including phenoxy) is 1. The van der Waals surface area contributed by atoms with Gasteiger partial charge in [-0.2, -0.15) is 10.5 Å². The second kappa shape index (κ2) is 7.55. The van der Waals surface area contributed by atoms with Crippen molar-refractivity contribution in [2.75, 3.05) is 5.32 Å². The second-order valence-electron chi connectivity index (χ2n) is 6.81. The number of nitrogens with one attached hydrogen (secondary N) is 2. The van der Waals surface area contributed by atoms with E-state index in [9.17, 15) is 14.8 Å². The van der Waals surface area contributed by atoms with Gasteiger partial charge in [0.15, 0.2) is 6.19 Å². The summed E-state index contributed by atoms with van der Waals surface area (Å²) in [6.45, 7) is 3.46. The molecule has 0 aliphatic carbocycles. The number of hydrogen-bond acceptors (Lipinski definition) is 5. The third-order valence-corrected chi connectivity index (χ3v) is 4.39. The molecule has 7 nitrogen and oxygen atoms in total. The molecule has 2 atom stereocenters. The first-order chi connectivity index (χ1) is 13.3. The lowest BCUT2D eigenvalue weighted by Crippen LogP contribution is -2.49. The molecule has 8 heteroatoms. The minimum atomic E-state index is -1.04. The van der Waals surface area contributed by atoms with E-state index in [2.05, 4.69) is 21.7 Å². The average molecular weight is 379 g/mol. The van der Waals surface area contributed by atoms with Gasteiger partial charge in [-0.1, -0.05) is 0 Å². The minimum Gasteiger partial charge on any atom is -0.485 e. The first-order valence-corrected chi connectivity index (χ1v) is 8.50. The van der Waals surface area contributed by atoms with E-state index in [1.165, 1.54) is 24.3 Å². The van der Waals surface area contributed by atoms with Crippen LogP contribution in [0.2, 0.25) is 0 Å². The molecule has 28 heavy (non-hydrogen) atoms. The molecule has 0 aromatic heterocycles. The van der Waals surface area contributed by atoms with Crippen molar-refractivity contribution >= 4 is 11.6 Å². The van der Waals surface area contributed by atoms with E-state index < -0.39 is 23.6 Å². The van der Waals surface area contributed by atoms with Crippen LogP contribution in [-0.2, 0) is 0 Å². The molecule has 0 fully saturated rings. The van der Waals surface area contributed by atoms with E-state index in [0.717, 1.165) is 0 Å². The van der Waals surface area contributed by atoms with Gasteiger partial charge < -0.3 is 15.2 Å². The van der Waals surface area contributed by atoms with Crippen LogP contribution in [0.1, 0.15) is 31.0 Å². The van der Waals surface area contributed by atoms with Gasteiger partial charge in [-0.25, -0.2) is 9.38 Å². The van der Waals surface area contributed by atoms with Gasteiger partial charge in [0.25, 0.3) is 0 Å². The molecular formula is C20H18FN5O2. The minimum absolute atomic E-state index is 0.0733. The van der Waals surface area contributed by atoms with Crippen molar-refractivity contribution in [3.05, 3.63) is 59.4 Å². The van der Waals surface area contributed by atoms with Gasteiger partial charge in [0, 0.05) is 11.3 Å². The topological polar surface area (TPSA) is 113 Å². The lowest BCUT2D eigenvalue weighted by Gasteiger charge is -2.40. The van der Waals surface area contributed by atoms with E-state index in [1.54, 1.807) is 38.2 Å². The van der Waals surface area contributed by atoms with Gasteiger partial charge in [-0.15, -0.1) is 0 Å². The van der Waals surface area contributed by atoms with E-state index in [1.807, 2.05) is 0 Å². The van der Waals surface area contributed by atoms with Crippen molar-refractivity contribution < 1.29 is 14.2 Å². The zero-order chi connectivity index (χ0) is 20.3. The predicted octanol–water partition coefficient (Wildman–Crippen LogP) is 2.81. The Hall–Kier alpha value is -3.62. The molecule has 0 bridgehead atoms. The Labute approximate surface area is 161 Å². The van der Waals surface area contributed by atoms with Gasteiger partial charge in [-0.05, 0) is 56.3 Å². The van der Waals surface area contributed by atoms with Crippen molar-refractivity contribution in [3.63, 3.8) is 0 Å². The van der Waals surface area contributed by atoms with Crippen molar-refractivity contribution in [2.24, 2.45) is 4.99 Å². The molecule has 3 N–H and O–H groups in total. The Morgan fingerprint density at radius 1 is 1.21 bits per heavy atom. The summed E-state index contributed by atoms with van der Waals surface area (Å²) in [4.78, 5) is 4.48. The van der Waals surface area contributed by atoms with E-state index in [4.69, 9.17) is 10.00 Å². The Kier molecular flexibility index (Phi) is 5.16.